The summed E-state index contributed by atoms with van der Waals surface area (Å²) in [6.45, 7) is 3.32. The molecule has 1 amide bonds. The van der Waals surface area contributed by atoms with Crippen molar-refractivity contribution in [2.24, 2.45) is 0 Å². The molecular weight excluding hydrogens is 418 g/mol. The van der Waals surface area contributed by atoms with Gasteiger partial charge in [-0.1, -0.05) is 29.8 Å². The van der Waals surface area contributed by atoms with Crippen molar-refractivity contribution in [1.29, 1.82) is 0 Å². The molecule has 0 atom stereocenters. The fraction of sp³-hybridized carbons (Fsp3) is 0.0909. The second-order valence-corrected chi connectivity index (χ2v) is 9.56. The van der Waals surface area contributed by atoms with Crippen molar-refractivity contribution in [2.75, 3.05) is 10.0 Å². The Morgan fingerprint density at radius 3 is 2.43 bits per heavy atom. The summed E-state index contributed by atoms with van der Waals surface area (Å²) >= 11 is 1.46. The van der Waals surface area contributed by atoms with Crippen LogP contribution in [0.25, 0.3) is 20.8 Å². The van der Waals surface area contributed by atoms with Gasteiger partial charge >= 0.3 is 0 Å². The van der Waals surface area contributed by atoms with Crippen molar-refractivity contribution in [2.45, 2.75) is 18.7 Å². The van der Waals surface area contributed by atoms with E-state index in [1.54, 1.807) is 42.5 Å². The molecule has 4 aromatic rings. The number of aromatic nitrogens is 1. The second kappa shape index (κ2) is 7.89. The summed E-state index contributed by atoms with van der Waals surface area (Å²) in [4.78, 5) is 16.3. The first-order valence-corrected chi connectivity index (χ1v) is 11.5. The van der Waals surface area contributed by atoms with Crippen molar-refractivity contribution < 1.29 is 13.2 Å². The normalized spacial score (nSPS) is 11.4. The third kappa shape index (κ3) is 4.19. The number of rotatable bonds is 5. The summed E-state index contributed by atoms with van der Waals surface area (Å²) in [5.74, 6) is -0.210. The Balaban J connectivity index is 1.80. The number of carbonyl (C=O) groups is 1. The number of amides is 1. The van der Waals surface area contributed by atoms with Crippen LogP contribution in [0.15, 0.2) is 71.6 Å². The molecule has 1 heterocycles. The quantitative estimate of drug-likeness (QED) is 0.458. The number of nitrogens with zero attached hydrogens (tertiary/aromatic N) is 1. The van der Waals surface area contributed by atoms with Gasteiger partial charge in [0.2, 0.25) is 5.91 Å². The van der Waals surface area contributed by atoms with Gasteiger partial charge in [0.05, 0.1) is 20.8 Å². The van der Waals surface area contributed by atoms with E-state index in [0.717, 1.165) is 15.8 Å². The van der Waals surface area contributed by atoms with E-state index in [-0.39, 0.29) is 10.8 Å². The van der Waals surface area contributed by atoms with Crippen LogP contribution in [0.4, 0.5) is 11.4 Å². The molecule has 152 valence electrons. The van der Waals surface area contributed by atoms with Crippen molar-refractivity contribution in [3.05, 3.63) is 72.3 Å². The number of fused-ring (bicyclic) bond motifs is 1. The third-order valence-corrected chi connectivity index (χ3v) is 6.89. The highest BCUT2D eigenvalue weighted by Gasteiger charge is 2.19. The van der Waals surface area contributed by atoms with E-state index in [2.05, 4.69) is 15.0 Å². The molecule has 0 radical (unpaired) electrons. The lowest BCUT2D eigenvalue weighted by atomic mass is 10.1. The monoisotopic (exact) mass is 437 g/mol. The minimum atomic E-state index is -3.79. The van der Waals surface area contributed by atoms with Crippen molar-refractivity contribution in [1.82, 2.24) is 4.98 Å². The van der Waals surface area contributed by atoms with Crippen LogP contribution in [-0.2, 0) is 14.8 Å². The third-order valence-electron chi connectivity index (χ3n) is 4.44. The van der Waals surface area contributed by atoms with Gasteiger partial charge in [0.25, 0.3) is 10.0 Å². The first kappa shape index (κ1) is 20.1. The Bertz CT molecular complexity index is 1310. The van der Waals surface area contributed by atoms with Crippen molar-refractivity contribution in [3.63, 3.8) is 0 Å². The van der Waals surface area contributed by atoms with Crippen LogP contribution in [0.5, 0.6) is 0 Å². The molecule has 0 spiro atoms. The number of hydrogen-bond acceptors (Lipinski definition) is 5. The molecule has 6 nitrogen and oxygen atoms in total. The molecule has 30 heavy (non-hydrogen) atoms. The topological polar surface area (TPSA) is 88.2 Å². The van der Waals surface area contributed by atoms with Crippen LogP contribution in [0.1, 0.15) is 12.5 Å². The average molecular weight is 438 g/mol. The van der Waals surface area contributed by atoms with Gasteiger partial charge < -0.3 is 5.32 Å². The van der Waals surface area contributed by atoms with Gasteiger partial charge in [-0.25, -0.2) is 13.4 Å². The lowest BCUT2D eigenvalue weighted by Gasteiger charge is -2.13. The Kier molecular flexibility index (Phi) is 5.27. The van der Waals surface area contributed by atoms with Crippen LogP contribution in [0.3, 0.4) is 0 Å². The summed E-state index contributed by atoms with van der Waals surface area (Å²) in [5.41, 5.74) is 3.36. The molecule has 0 saturated carbocycles. The number of anilines is 2. The van der Waals surface area contributed by atoms with E-state index in [0.29, 0.717) is 21.9 Å². The number of benzene rings is 3. The predicted molar refractivity (Wildman–Crippen MR) is 121 cm³/mol. The van der Waals surface area contributed by atoms with Gasteiger partial charge in [0.15, 0.2) is 0 Å². The summed E-state index contributed by atoms with van der Waals surface area (Å²) < 4.78 is 29.5. The highest BCUT2D eigenvalue weighted by Crippen LogP contribution is 2.37. The maximum atomic E-state index is 12.9. The minimum Gasteiger partial charge on any atom is -0.326 e. The second-order valence-electron chi connectivity index (χ2n) is 6.85. The molecule has 3 aromatic carbocycles. The van der Waals surface area contributed by atoms with Gasteiger partial charge in [0.1, 0.15) is 5.01 Å². The highest BCUT2D eigenvalue weighted by atomic mass is 32.2. The molecular formula is C22H19N3O3S2. The molecule has 0 aliphatic heterocycles. The molecule has 0 bridgehead atoms. The number of nitrogens with one attached hydrogen (secondary N) is 2. The summed E-state index contributed by atoms with van der Waals surface area (Å²) in [5, 5.41) is 3.39. The number of thiazole rings is 1. The largest absolute Gasteiger partial charge is 0.326 e. The molecule has 0 aliphatic carbocycles. The fourth-order valence-corrected chi connectivity index (χ4v) is 5.08. The SMILES string of the molecule is CC(=O)Nc1ccc(NS(=O)(=O)c2ccc(C)cc2)c(-c2nc3ccccc3s2)c1. The zero-order chi connectivity index (χ0) is 21.3. The first-order chi connectivity index (χ1) is 14.3. The summed E-state index contributed by atoms with van der Waals surface area (Å²) in [6, 6.07) is 19.4. The van der Waals surface area contributed by atoms with Gasteiger partial charge in [-0.05, 0) is 49.4 Å². The molecule has 0 fully saturated rings. The van der Waals surface area contributed by atoms with Crippen molar-refractivity contribution >= 4 is 48.9 Å². The molecule has 1 aromatic heterocycles. The van der Waals surface area contributed by atoms with Gasteiger partial charge in [-0.3, -0.25) is 9.52 Å². The van der Waals surface area contributed by atoms with Crippen LogP contribution in [0, 0.1) is 6.92 Å². The zero-order valence-corrected chi connectivity index (χ0v) is 18.0. The number of sulfonamides is 1. The molecule has 0 unspecified atom stereocenters. The summed E-state index contributed by atoms with van der Waals surface area (Å²) in [7, 11) is -3.79. The van der Waals surface area contributed by atoms with E-state index >= 15 is 0 Å². The van der Waals surface area contributed by atoms with E-state index in [9.17, 15) is 13.2 Å². The molecule has 0 aliphatic rings. The molecule has 4 rings (SSSR count). The Morgan fingerprint density at radius 1 is 1.00 bits per heavy atom. The smallest absolute Gasteiger partial charge is 0.261 e. The highest BCUT2D eigenvalue weighted by molar-refractivity contribution is 7.92. The Hall–Kier alpha value is -3.23. The predicted octanol–water partition coefficient (Wildman–Crippen LogP) is 5.03. The average Bonchev–Trinajstić information content (AvgIpc) is 3.13. The number of para-hydroxylation sites is 1. The van der Waals surface area contributed by atoms with E-state index in [1.165, 1.54) is 18.3 Å². The minimum absolute atomic E-state index is 0.175. The number of aryl methyl sites for hydroxylation is 1. The molecule has 8 heteroatoms. The van der Waals surface area contributed by atoms with Crippen molar-refractivity contribution in [3.8, 4) is 10.6 Å². The van der Waals surface area contributed by atoms with E-state index in [4.69, 9.17) is 0 Å². The Morgan fingerprint density at radius 2 is 1.73 bits per heavy atom. The number of carbonyl (C=O) groups excluding carboxylic acids is 1. The standard InChI is InChI=1S/C22H19N3O3S2/c1-14-7-10-17(11-8-14)30(27,28)25-19-12-9-16(23-15(2)26)13-18(19)22-24-20-5-3-4-6-21(20)29-22/h3-13,25H,1-2H3,(H,23,26). The molecule has 0 saturated heterocycles. The van der Waals surface area contributed by atoms with Gasteiger partial charge in [-0.2, -0.15) is 0 Å². The number of hydrogen-bond donors (Lipinski definition) is 2. The Labute approximate surface area is 178 Å². The summed E-state index contributed by atoms with van der Waals surface area (Å²) in [6.07, 6.45) is 0. The van der Waals surface area contributed by atoms with Crippen LogP contribution < -0.4 is 10.0 Å². The maximum Gasteiger partial charge on any atom is 0.261 e. The van der Waals surface area contributed by atoms with Crippen LogP contribution in [0.2, 0.25) is 0 Å². The lowest BCUT2D eigenvalue weighted by molar-refractivity contribution is -0.114. The zero-order valence-electron chi connectivity index (χ0n) is 16.3. The van der Waals surface area contributed by atoms with E-state index < -0.39 is 10.0 Å². The maximum absolute atomic E-state index is 12.9. The van der Waals surface area contributed by atoms with Crippen LogP contribution >= 0.6 is 11.3 Å². The van der Waals surface area contributed by atoms with E-state index in [1.807, 2.05) is 31.2 Å². The fourth-order valence-electron chi connectivity index (χ4n) is 3.00. The molecule has 2 N–H and O–H groups in total. The first-order valence-electron chi connectivity index (χ1n) is 9.19. The van der Waals surface area contributed by atoms with Gasteiger partial charge in [-0.15, -0.1) is 11.3 Å². The van der Waals surface area contributed by atoms with Gasteiger partial charge in [0, 0.05) is 18.2 Å². The van der Waals surface area contributed by atoms with Crippen LogP contribution in [-0.4, -0.2) is 19.3 Å². The lowest BCUT2D eigenvalue weighted by Crippen LogP contribution is -2.14.